The molecule has 0 unspecified atom stereocenters. The molecule has 0 spiro atoms. The topological polar surface area (TPSA) is 72.3 Å². The van der Waals surface area contributed by atoms with Gasteiger partial charge in [0.25, 0.3) is 6.01 Å². The summed E-state index contributed by atoms with van der Waals surface area (Å²) in [5.41, 5.74) is 5.89. The lowest BCUT2D eigenvalue weighted by Crippen LogP contribution is -1.80. The summed E-state index contributed by atoms with van der Waals surface area (Å²) in [6.45, 7) is 0. The Morgan fingerprint density at radius 3 is 2.86 bits per heavy atom. The van der Waals surface area contributed by atoms with Gasteiger partial charge in [0.15, 0.2) is 5.76 Å². The van der Waals surface area contributed by atoms with Crippen LogP contribution in [0.25, 0.3) is 11.3 Å². The van der Waals surface area contributed by atoms with Gasteiger partial charge in [-0.1, -0.05) is 15.9 Å². The zero-order chi connectivity index (χ0) is 10.1. The van der Waals surface area contributed by atoms with Gasteiger partial charge in [0.05, 0.1) is 11.8 Å². The van der Waals surface area contributed by atoms with Crippen molar-refractivity contribution in [1.29, 1.82) is 0 Å². The highest BCUT2D eigenvalue weighted by Crippen LogP contribution is 2.32. The molecule has 0 aliphatic rings. The van der Waals surface area contributed by atoms with Crippen molar-refractivity contribution in [2.24, 2.45) is 0 Å². The molecule has 0 radical (unpaired) electrons. The van der Waals surface area contributed by atoms with Crippen molar-refractivity contribution >= 4 is 21.9 Å². The number of nitrogens with zero attached hydrogens (tertiary/aromatic N) is 1. The third-order valence-electron chi connectivity index (χ3n) is 1.75. The molecule has 1 aromatic heterocycles. The van der Waals surface area contributed by atoms with Crippen LogP contribution in [-0.4, -0.2) is 10.1 Å². The van der Waals surface area contributed by atoms with Crippen molar-refractivity contribution in [1.82, 2.24) is 4.98 Å². The fraction of sp³-hybridized carbons (Fsp3) is 0. The summed E-state index contributed by atoms with van der Waals surface area (Å²) >= 11 is 3.30. The number of halogens is 1. The molecular weight excluding hydrogens is 248 g/mol. The lowest BCUT2D eigenvalue weighted by atomic mass is 10.1. The van der Waals surface area contributed by atoms with E-state index < -0.39 is 0 Å². The standard InChI is InChI=1S/C9H7BrN2O2/c10-5-1-2-7(13)6(3-5)8-4-12-9(11)14-8/h1-4,13H,(H2,11,12). The van der Waals surface area contributed by atoms with E-state index in [0.29, 0.717) is 11.3 Å². The molecule has 0 fully saturated rings. The molecule has 0 bridgehead atoms. The molecule has 0 aliphatic heterocycles. The van der Waals surface area contributed by atoms with Crippen LogP contribution in [0.2, 0.25) is 0 Å². The lowest BCUT2D eigenvalue weighted by Gasteiger charge is -2.00. The van der Waals surface area contributed by atoms with Gasteiger partial charge in [-0.3, -0.25) is 0 Å². The predicted molar refractivity (Wildman–Crippen MR) is 55.7 cm³/mol. The highest BCUT2D eigenvalue weighted by molar-refractivity contribution is 9.10. The van der Waals surface area contributed by atoms with E-state index in [9.17, 15) is 5.11 Å². The van der Waals surface area contributed by atoms with Crippen LogP contribution in [0.5, 0.6) is 5.75 Å². The van der Waals surface area contributed by atoms with Gasteiger partial charge in [0.1, 0.15) is 5.75 Å². The number of benzene rings is 1. The molecule has 0 amide bonds. The first-order valence-electron chi connectivity index (χ1n) is 3.87. The molecular formula is C9H7BrN2O2. The normalized spacial score (nSPS) is 10.4. The quantitative estimate of drug-likeness (QED) is 0.820. The van der Waals surface area contributed by atoms with Gasteiger partial charge < -0.3 is 15.3 Å². The zero-order valence-corrected chi connectivity index (χ0v) is 8.65. The Hall–Kier alpha value is -1.49. The van der Waals surface area contributed by atoms with Crippen LogP contribution in [0.15, 0.2) is 33.3 Å². The number of phenolic OH excluding ortho intramolecular Hbond substituents is 1. The van der Waals surface area contributed by atoms with Crippen LogP contribution < -0.4 is 5.73 Å². The maximum atomic E-state index is 9.55. The van der Waals surface area contributed by atoms with E-state index in [1.165, 1.54) is 6.20 Å². The molecule has 0 atom stereocenters. The molecule has 0 aliphatic carbocycles. The maximum absolute atomic E-state index is 9.55. The average molecular weight is 255 g/mol. The smallest absolute Gasteiger partial charge is 0.292 e. The van der Waals surface area contributed by atoms with E-state index in [0.717, 1.165) is 4.47 Å². The number of oxazole rings is 1. The maximum Gasteiger partial charge on any atom is 0.292 e. The summed E-state index contributed by atoms with van der Waals surface area (Å²) in [4.78, 5) is 3.75. The molecule has 4 nitrogen and oxygen atoms in total. The van der Waals surface area contributed by atoms with Gasteiger partial charge in [-0.05, 0) is 18.2 Å². The molecule has 1 aromatic carbocycles. The van der Waals surface area contributed by atoms with E-state index in [2.05, 4.69) is 20.9 Å². The highest BCUT2D eigenvalue weighted by atomic mass is 79.9. The zero-order valence-electron chi connectivity index (χ0n) is 7.07. The summed E-state index contributed by atoms with van der Waals surface area (Å²) in [7, 11) is 0. The number of aromatic hydroxyl groups is 1. The Kier molecular flexibility index (Phi) is 2.17. The largest absolute Gasteiger partial charge is 0.507 e. The Morgan fingerprint density at radius 2 is 2.21 bits per heavy atom. The van der Waals surface area contributed by atoms with Crippen LogP contribution in [0, 0.1) is 0 Å². The summed E-state index contributed by atoms with van der Waals surface area (Å²) < 4.78 is 5.94. The first kappa shape index (κ1) is 9.08. The summed E-state index contributed by atoms with van der Waals surface area (Å²) in [6, 6.07) is 5.12. The van der Waals surface area contributed by atoms with Crippen LogP contribution in [-0.2, 0) is 0 Å². The first-order chi connectivity index (χ1) is 6.66. The Labute approximate surface area is 88.5 Å². The summed E-state index contributed by atoms with van der Waals surface area (Å²) in [5, 5.41) is 9.55. The van der Waals surface area contributed by atoms with Crippen molar-refractivity contribution in [2.45, 2.75) is 0 Å². The van der Waals surface area contributed by atoms with Crippen LogP contribution in [0.3, 0.4) is 0 Å². The summed E-state index contributed by atoms with van der Waals surface area (Å²) in [5.74, 6) is 0.575. The lowest BCUT2D eigenvalue weighted by molar-refractivity contribution is 0.474. The van der Waals surface area contributed by atoms with Crippen LogP contribution in [0.1, 0.15) is 0 Å². The van der Waals surface area contributed by atoms with E-state index in [1.54, 1.807) is 18.2 Å². The Bertz CT molecular complexity index is 468. The number of hydrogen-bond donors (Lipinski definition) is 2. The predicted octanol–water partition coefficient (Wildman–Crippen LogP) is 2.39. The number of anilines is 1. The summed E-state index contributed by atoms with van der Waals surface area (Å²) in [6.07, 6.45) is 1.47. The van der Waals surface area contributed by atoms with Gasteiger partial charge in [-0.2, -0.15) is 0 Å². The van der Waals surface area contributed by atoms with Gasteiger partial charge in [0.2, 0.25) is 0 Å². The number of aromatic nitrogens is 1. The molecule has 2 rings (SSSR count). The van der Waals surface area contributed by atoms with Crippen molar-refractivity contribution < 1.29 is 9.52 Å². The minimum Gasteiger partial charge on any atom is -0.507 e. The second kappa shape index (κ2) is 3.34. The fourth-order valence-corrected chi connectivity index (χ4v) is 1.48. The average Bonchev–Trinajstić information content (AvgIpc) is 2.56. The van der Waals surface area contributed by atoms with E-state index >= 15 is 0 Å². The second-order valence-electron chi connectivity index (χ2n) is 2.72. The van der Waals surface area contributed by atoms with Crippen molar-refractivity contribution in [2.75, 3.05) is 5.73 Å². The SMILES string of the molecule is Nc1ncc(-c2cc(Br)ccc2O)o1. The van der Waals surface area contributed by atoms with E-state index in [4.69, 9.17) is 10.2 Å². The molecule has 0 saturated heterocycles. The monoisotopic (exact) mass is 254 g/mol. The third-order valence-corrected chi connectivity index (χ3v) is 2.24. The third kappa shape index (κ3) is 1.58. The number of rotatable bonds is 1. The number of nitrogens with two attached hydrogens (primary N) is 1. The van der Waals surface area contributed by atoms with Crippen molar-refractivity contribution in [3.05, 3.63) is 28.9 Å². The molecule has 5 heteroatoms. The van der Waals surface area contributed by atoms with Crippen molar-refractivity contribution in [3.8, 4) is 17.1 Å². The fourth-order valence-electron chi connectivity index (χ4n) is 1.12. The number of phenols is 1. The highest BCUT2D eigenvalue weighted by Gasteiger charge is 2.09. The number of hydrogen-bond acceptors (Lipinski definition) is 4. The Morgan fingerprint density at radius 1 is 1.43 bits per heavy atom. The minimum absolute atomic E-state index is 0.0828. The molecule has 14 heavy (non-hydrogen) atoms. The number of nitrogen functional groups attached to an aromatic ring is 1. The molecule has 72 valence electrons. The van der Waals surface area contributed by atoms with Crippen LogP contribution in [0.4, 0.5) is 6.01 Å². The van der Waals surface area contributed by atoms with Gasteiger partial charge in [-0.15, -0.1) is 0 Å². The van der Waals surface area contributed by atoms with E-state index in [1.807, 2.05) is 0 Å². The van der Waals surface area contributed by atoms with E-state index in [-0.39, 0.29) is 11.8 Å². The molecule has 2 aromatic rings. The molecule has 1 heterocycles. The van der Waals surface area contributed by atoms with Crippen LogP contribution >= 0.6 is 15.9 Å². The van der Waals surface area contributed by atoms with Gasteiger partial charge in [-0.25, -0.2) is 4.98 Å². The Balaban J connectivity index is 2.55. The van der Waals surface area contributed by atoms with Gasteiger partial charge in [0, 0.05) is 4.47 Å². The molecule has 3 N–H and O–H groups in total. The second-order valence-corrected chi connectivity index (χ2v) is 3.64. The molecule has 0 saturated carbocycles. The minimum atomic E-state index is 0.0828. The van der Waals surface area contributed by atoms with Gasteiger partial charge >= 0.3 is 0 Å². The first-order valence-corrected chi connectivity index (χ1v) is 4.66. The van der Waals surface area contributed by atoms with Crippen molar-refractivity contribution in [3.63, 3.8) is 0 Å².